The Balaban J connectivity index is 0. The predicted molar refractivity (Wildman–Crippen MR) is 124 cm³/mol. The van der Waals surface area contributed by atoms with Crippen molar-refractivity contribution in [3.05, 3.63) is 90.5 Å². The molecule has 2 amide bonds. The monoisotopic (exact) mass is 428 g/mol. The number of aromatic hydroxyl groups is 3. The zero-order valence-corrected chi connectivity index (χ0v) is 18.1. The molecular formula is C24H32N2O5. The van der Waals surface area contributed by atoms with Gasteiger partial charge in [0.2, 0.25) is 0 Å². The highest BCUT2D eigenvalue weighted by Crippen LogP contribution is 2.29. The second-order valence-corrected chi connectivity index (χ2v) is 6.84. The molecule has 7 N–H and O–H groups in total. The number of phenolic OH excluding ortho intramolecular Hbond substituents is 3. The lowest BCUT2D eigenvalue weighted by Gasteiger charge is -2.19. The number of benzene rings is 3. The number of carbonyl (C=O) groups excluding carboxylic acids is 2. The van der Waals surface area contributed by atoms with Crippen molar-refractivity contribution in [1.82, 2.24) is 0 Å². The lowest BCUT2D eigenvalue weighted by molar-refractivity contribution is -0.0980. The molecule has 0 saturated carbocycles. The summed E-state index contributed by atoms with van der Waals surface area (Å²) in [6, 6.07) is 24.1. The first-order valence-electron chi connectivity index (χ1n) is 9.14. The van der Waals surface area contributed by atoms with E-state index in [1.807, 2.05) is 37.1 Å². The van der Waals surface area contributed by atoms with Gasteiger partial charge in [-0.05, 0) is 41.3 Å². The Hall–Kier alpha value is -4.00. The van der Waals surface area contributed by atoms with Crippen molar-refractivity contribution < 1.29 is 24.9 Å². The molecule has 0 radical (unpaired) electrons. The summed E-state index contributed by atoms with van der Waals surface area (Å²) in [6.45, 7) is 8.26. The molecule has 0 spiro atoms. The number of primary amides is 2. The number of urea groups is 1. The van der Waals surface area contributed by atoms with E-state index < -0.39 is 6.03 Å². The van der Waals surface area contributed by atoms with Gasteiger partial charge in [0.1, 0.15) is 24.0 Å². The third kappa shape index (κ3) is 17.8. The maximum Gasteiger partial charge on any atom is 0.309 e. The quantitative estimate of drug-likeness (QED) is 0.362. The molecule has 0 unspecified atom stereocenters. The zero-order chi connectivity index (χ0) is 24.3. The van der Waals surface area contributed by atoms with Gasteiger partial charge in [0.05, 0.1) is 0 Å². The maximum absolute atomic E-state index is 9.45. The van der Waals surface area contributed by atoms with Crippen molar-refractivity contribution in [3.63, 3.8) is 0 Å². The fourth-order valence-electron chi connectivity index (χ4n) is 1.96. The molecule has 168 valence electrons. The summed E-state index contributed by atoms with van der Waals surface area (Å²) in [7, 11) is 0. The highest BCUT2D eigenvalue weighted by molar-refractivity contribution is 5.69. The van der Waals surface area contributed by atoms with Crippen LogP contribution in [0.3, 0.4) is 0 Å². The van der Waals surface area contributed by atoms with Crippen LogP contribution < -0.4 is 11.5 Å². The van der Waals surface area contributed by atoms with E-state index in [-0.39, 0.29) is 5.41 Å². The first-order chi connectivity index (χ1) is 14.5. The predicted octanol–water partition coefficient (Wildman–Crippen LogP) is 4.31. The Kier molecular flexibility index (Phi) is 15.9. The van der Waals surface area contributed by atoms with Gasteiger partial charge < -0.3 is 31.6 Å². The standard InChI is InChI=1S/C10H14O.2C6H6O.CH4N2O.CH2O/c1-10(2,3)8-6-4-5-7-9(8)11;2*7-6-4-2-1-3-5-6;2-1(3)4;1-2/h4-7,11H,1-3H3;2*1-5,7H;(H4,2,3,4);1H2. The van der Waals surface area contributed by atoms with Gasteiger partial charge in [-0.1, -0.05) is 75.4 Å². The first kappa shape index (κ1) is 29.2. The summed E-state index contributed by atoms with van der Waals surface area (Å²) < 4.78 is 0. The van der Waals surface area contributed by atoms with Gasteiger partial charge in [-0.3, -0.25) is 0 Å². The van der Waals surface area contributed by atoms with Crippen molar-refractivity contribution in [3.8, 4) is 17.2 Å². The molecule has 0 bridgehead atoms. The van der Waals surface area contributed by atoms with Gasteiger partial charge in [0.15, 0.2) is 0 Å². The minimum absolute atomic E-state index is 0.0331. The van der Waals surface area contributed by atoms with E-state index in [2.05, 4.69) is 32.2 Å². The molecule has 0 aromatic heterocycles. The second kappa shape index (κ2) is 16.9. The topological polar surface area (TPSA) is 147 Å². The smallest absolute Gasteiger partial charge is 0.309 e. The minimum Gasteiger partial charge on any atom is -0.508 e. The SMILES string of the molecule is C=O.CC(C)(C)c1ccccc1O.NC(N)=O.Oc1ccccc1.Oc1ccccc1. The van der Waals surface area contributed by atoms with Crippen LogP contribution in [0.5, 0.6) is 17.2 Å². The van der Waals surface area contributed by atoms with Gasteiger partial charge >= 0.3 is 6.03 Å². The summed E-state index contributed by atoms with van der Waals surface area (Å²) >= 11 is 0. The molecule has 0 aliphatic carbocycles. The van der Waals surface area contributed by atoms with Crippen molar-refractivity contribution in [2.75, 3.05) is 0 Å². The average Bonchev–Trinajstić information content (AvgIpc) is 2.71. The molecule has 31 heavy (non-hydrogen) atoms. The van der Waals surface area contributed by atoms with Gasteiger partial charge in [-0.25, -0.2) is 4.79 Å². The van der Waals surface area contributed by atoms with E-state index in [1.54, 1.807) is 54.6 Å². The number of nitrogens with two attached hydrogens (primary N) is 2. The average molecular weight is 429 g/mol. The van der Waals surface area contributed by atoms with Crippen molar-refractivity contribution in [2.45, 2.75) is 26.2 Å². The fourth-order valence-corrected chi connectivity index (χ4v) is 1.96. The number of amides is 2. The molecule has 0 aliphatic rings. The van der Waals surface area contributed by atoms with Gasteiger partial charge in [0, 0.05) is 0 Å². The summed E-state index contributed by atoms with van der Waals surface area (Å²) in [5, 5.41) is 26.7. The van der Waals surface area contributed by atoms with E-state index in [4.69, 9.17) is 19.8 Å². The minimum atomic E-state index is -0.833. The molecular weight excluding hydrogens is 396 g/mol. The maximum atomic E-state index is 9.45. The molecule has 0 aliphatic heterocycles. The van der Waals surface area contributed by atoms with Crippen LogP contribution in [0, 0.1) is 0 Å². The Bertz CT molecular complexity index is 794. The van der Waals surface area contributed by atoms with E-state index in [0.29, 0.717) is 17.2 Å². The number of hydrogen-bond donors (Lipinski definition) is 5. The number of carbonyl (C=O) groups is 2. The van der Waals surface area contributed by atoms with Crippen molar-refractivity contribution >= 4 is 12.8 Å². The van der Waals surface area contributed by atoms with Crippen LogP contribution in [-0.2, 0) is 10.2 Å². The Morgan fingerprint density at radius 2 is 0.968 bits per heavy atom. The highest BCUT2D eigenvalue weighted by atomic mass is 16.3. The van der Waals surface area contributed by atoms with Crippen LogP contribution in [0.4, 0.5) is 4.79 Å². The van der Waals surface area contributed by atoms with E-state index in [1.165, 1.54) is 0 Å². The summed E-state index contributed by atoms with van der Waals surface area (Å²) in [6.07, 6.45) is 0. The highest BCUT2D eigenvalue weighted by Gasteiger charge is 2.16. The molecule has 0 heterocycles. The lowest BCUT2D eigenvalue weighted by Crippen LogP contribution is -2.18. The number of para-hydroxylation sites is 3. The van der Waals surface area contributed by atoms with Crippen LogP contribution in [0.1, 0.15) is 26.3 Å². The Morgan fingerprint density at radius 1 is 0.677 bits per heavy atom. The van der Waals surface area contributed by atoms with Crippen LogP contribution in [0.15, 0.2) is 84.9 Å². The Labute approximate surface area is 183 Å². The van der Waals surface area contributed by atoms with Gasteiger partial charge in [-0.2, -0.15) is 0 Å². The lowest BCUT2D eigenvalue weighted by atomic mass is 9.86. The molecule has 3 rings (SSSR count). The third-order valence-electron chi connectivity index (χ3n) is 3.22. The third-order valence-corrected chi connectivity index (χ3v) is 3.22. The summed E-state index contributed by atoms with van der Waals surface area (Å²) in [4.78, 5) is 17.0. The molecule has 0 fully saturated rings. The van der Waals surface area contributed by atoms with Crippen molar-refractivity contribution in [2.24, 2.45) is 11.5 Å². The normalized spacial score (nSPS) is 8.87. The van der Waals surface area contributed by atoms with E-state index in [9.17, 15) is 5.11 Å². The van der Waals surface area contributed by atoms with E-state index >= 15 is 0 Å². The number of phenols is 3. The summed E-state index contributed by atoms with van der Waals surface area (Å²) in [5.41, 5.74) is 9.53. The molecule has 0 atom stereocenters. The van der Waals surface area contributed by atoms with Crippen LogP contribution in [-0.4, -0.2) is 28.1 Å². The molecule has 0 saturated heterocycles. The second-order valence-electron chi connectivity index (χ2n) is 6.84. The van der Waals surface area contributed by atoms with Crippen LogP contribution >= 0.6 is 0 Å². The number of hydrogen-bond acceptors (Lipinski definition) is 5. The Morgan fingerprint density at radius 3 is 1.16 bits per heavy atom. The van der Waals surface area contributed by atoms with Crippen LogP contribution in [0.2, 0.25) is 0 Å². The number of rotatable bonds is 0. The van der Waals surface area contributed by atoms with Crippen molar-refractivity contribution in [1.29, 1.82) is 0 Å². The van der Waals surface area contributed by atoms with E-state index in [0.717, 1.165) is 5.56 Å². The van der Waals surface area contributed by atoms with Crippen LogP contribution in [0.25, 0.3) is 0 Å². The molecule has 3 aromatic rings. The van der Waals surface area contributed by atoms with Gasteiger partial charge in [0.25, 0.3) is 0 Å². The molecule has 7 nitrogen and oxygen atoms in total. The zero-order valence-electron chi connectivity index (χ0n) is 18.1. The first-order valence-corrected chi connectivity index (χ1v) is 9.14. The van der Waals surface area contributed by atoms with Gasteiger partial charge in [-0.15, -0.1) is 0 Å². The summed E-state index contributed by atoms with van der Waals surface area (Å²) in [5.74, 6) is 1.03. The molecule has 3 aromatic carbocycles. The largest absolute Gasteiger partial charge is 0.508 e. The molecule has 7 heteroatoms. The fraction of sp³-hybridized carbons (Fsp3) is 0.167.